The summed E-state index contributed by atoms with van der Waals surface area (Å²) in [5.74, 6) is 2.18. The number of hydrogen-bond acceptors (Lipinski definition) is 5. The zero-order valence-electron chi connectivity index (χ0n) is 14.6. The van der Waals surface area contributed by atoms with Crippen molar-refractivity contribution in [2.45, 2.75) is 20.8 Å². The van der Waals surface area contributed by atoms with Crippen LogP contribution in [0.3, 0.4) is 0 Å². The minimum absolute atomic E-state index is 0.278. The fourth-order valence-electron chi connectivity index (χ4n) is 2.21. The summed E-state index contributed by atoms with van der Waals surface area (Å²) in [6.45, 7) is 7.49. The van der Waals surface area contributed by atoms with Crippen LogP contribution in [-0.2, 0) is 0 Å². The predicted molar refractivity (Wildman–Crippen MR) is 103 cm³/mol. The van der Waals surface area contributed by atoms with Crippen molar-refractivity contribution in [3.8, 4) is 0 Å². The highest BCUT2D eigenvalue weighted by molar-refractivity contribution is 6.31. The van der Waals surface area contributed by atoms with E-state index in [1.165, 1.54) is 0 Å². The number of nitrogens with zero attached hydrogens (tertiary/aromatic N) is 2. The normalized spacial score (nSPS) is 10.2. The van der Waals surface area contributed by atoms with Crippen LogP contribution in [0.2, 0.25) is 5.02 Å². The van der Waals surface area contributed by atoms with Crippen LogP contribution in [0.4, 0.5) is 22.1 Å². The van der Waals surface area contributed by atoms with Crippen LogP contribution in [0.15, 0.2) is 24.3 Å². The van der Waals surface area contributed by atoms with E-state index in [4.69, 9.17) is 11.6 Å². The molecule has 2 aromatic rings. The highest BCUT2D eigenvalue weighted by Gasteiger charge is 2.06. The first-order valence-electron chi connectivity index (χ1n) is 8.13. The zero-order valence-corrected chi connectivity index (χ0v) is 15.4. The van der Waals surface area contributed by atoms with Gasteiger partial charge in [-0.3, -0.25) is 0 Å². The lowest BCUT2D eigenvalue weighted by molar-refractivity contribution is 0.252. The van der Waals surface area contributed by atoms with Crippen LogP contribution in [0.1, 0.15) is 18.3 Å². The second kappa shape index (κ2) is 9.08. The number of nitrogens with one attached hydrogen (secondary N) is 4. The SMILES string of the molecule is CCNc1cc(NCCNC(=O)Nc2cccc(Cl)c2C)nc(C)n1. The Morgan fingerprint density at radius 3 is 2.56 bits per heavy atom. The number of carbonyl (C=O) groups is 1. The van der Waals surface area contributed by atoms with Crippen LogP contribution in [-0.4, -0.2) is 35.6 Å². The molecule has 0 saturated heterocycles. The first-order valence-corrected chi connectivity index (χ1v) is 8.50. The van der Waals surface area contributed by atoms with Gasteiger partial charge in [-0.2, -0.15) is 0 Å². The average Bonchev–Trinajstić information content (AvgIpc) is 2.56. The molecule has 4 N–H and O–H groups in total. The van der Waals surface area contributed by atoms with E-state index < -0.39 is 0 Å². The Bertz CT molecular complexity index is 737. The molecule has 134 valence electrons. The molecule has 2 amide bonds. The molecule has 0 radical (unpaired) electrons. The summed E-state index contributed by atoms with van der Waals surface area (Å²) in [7, 11) is 0. The van der Waals surface area contributed by atoms with Crippen molar-refractivity contribution in [2.75, 3.05) is 35.6 Å². The van der Waals surface area contributed by atoms with Crippen LogP contribution >= 0.6 is 11.6 Å². The predicted octanol–water partition coefficient (Wildman–Crippen LogP) is 3.41. The number of hydrogen-bond donors (Lipinski definition) is 4. The number of urea groups is 1. The van der Waals surface area contributed by atoms with Gasteiger partial charge in [-0.1, -0.05) is 17.7 Å². The summed E-state index contributed by atoms with van der Waals surface area (Å²) in [4.78, 5) is 20.6. The Labute approximate surface area is 152 Å². The van der Waals surface area contributed by atoms with Gasteiger partial charge in [-0.25, -0.2) is 14.8 Å². The van der Waals surface area contributed by atoms with Crippen LogP contribution in [0.5, 0.6) is 0 Å². The molecular weight excluding hydrogens is 340 g/mol. The molecule has 7 nitrogen and oxygen atoms in total. The van der Waals surface area contributed by atoms with Crippen molar-refractivity contribution < 1.29 is 4.79 Å². The number of carbonyl (C=O) groups excluding carboxylic acids is 1. The highest BCUT2D eigenvalue weighted by Crippen LogP contribution is 2.22. The maximum absolute atomic E-state index is 12.0. The largest absolute Gasteiger partial charge is 0.370 e. The van der Waals surface area contributed by atoms with E-state index in [1.807, 2.05) is 32.9 Å². The van der Waals surface area contributed by atoms with E-state index in [0.29, 0.717) is 29.6 Å². The smallest absolute Gasteiger partial charge is 0.319 e. The van der Waals surface area contributed by atoms with Crippen LogP contribution in [0, 0.1) is 13.8 Å². The van der Waals surface area contributed by atoms with Gasteiger partial charge in [-0.15, -0.1) is 0 Å². The van der Waals surface area contributed by atoms with Gasteiger partial charge in [0.25, 0.3) is 0 Å². The number of anilines is 3. The molecule has 2 rings (SSSR count). The van der Waals surface area contributed by atoms with Gasteiger partial charge in [-0.05, 0) is 38.5 Å². The monoisotopic (exact) mass is 362 g/mol. The molecular formula is C17H23ClN6O. The maximum Gasteiger partial charge on any atom is 0.319 e. The molecule has 25 heavy (non-hydrogen) atoms. The van der Waals surface area contributed by atoms with E-state index in [0.717, 1.165) is 23.7 Å². The molecule has 0 fully saturated rings. The molecule has 8 heteroatoms. The second-order valence-corrected chi connectivity index (χ2v) is 5.84. The van der Waals surface area contributed by atoms with Crippen molar-refractivity contribution in [2.24, 2.45) is 0 Å². The fourth-order valence-corrected chi connectivity index (χ4v) is 2.38. The van der Waals surface area contributed by atoms with Gasteiger partial charge < -0.3 is 21.3 Å². The number of rotatable bonds is 7. The van der Waals surface area contributed by atoms with Crippen molar-refractivity contribution in [1.82, 2.24) is 15.3 Å². The number of amides is 2. The summed E-state index contributed by atoms with van der Waals surface area (Å²) in [5, 5.41) is 12.5. The lowest BCUT2D eigenvalue weighted by Crippen LogP contribution is -2.33. The maximum atomic E-state index is 12.0. The van der Waals surface area contributed by atoms with E-state index in [9.17, 15) is 4.79 Å². The van der Waals surface area contributed by atoms with Crippen LogP contribution < -0.4 is 21.3 Å². The Morgan fingerprint density at radius 2 is 1.84 bits per heavy atom. The lowest BCUT2D eigenvalue weighted by atomic mass is 10.2. The van der Waals surface area contributed by atoms with Crippen molar-refractivity contribution in [3.63, 3.8) is 0 Å². The molecule has 1 aromatic heterocycles. The molecule has 0 saturated carbocycles. The molecule has 0 atom stereocenters. The molecule has 0 aliphatic heterocycles. The summed E-state index contributed by atoms with van der Waals surface area (Å²) < 4.78 is 0. The lowest BCUT2D eigenvalue weighted by Gasteiger charge is -2.12. The van der Waals surface area contributed by atoms with E-state index in [1.54, 1.807) is 12.1 Å². The van der Waals surface area contributed by atoms with Crippen molar-refractivity contribution >= 4 is 35.0 Å². The van der Waals surface area contributed by atoms with Crippen molar-refractivity contribution in [1.29, 1.82) is 0 Å². The molecule has 0 spiro atoms. The Morgan fingerprint density at radius 1 is 1.12 bits per heavy atom. The Balaban J connectivity index is 1.79. The van der Waals surface area contributed by atoms with Gasteiger partial charge in [0.15, 0.2) is 0 Å². The van der Waals surface area contributed by atoms with Gasteiger partial charge >= 0.3 is 6.03 Å². The number of aryl methyl sites for hydroxylation is 1. The number of benzene rings is 1. The van der Waals surface area contributed by atoms with Gasteiger partial charge in [0.05, 0.1) is 0 Å². The molecule has 0 aliphatic carbocycles. The second-order valence-electron chi connectivity index (χ2n) is 5.44. The third kappa shape index (κ3) is 5.79. The van der Waals surface area contributed by atoms with Crippen molar-refractivity contribution in [3.05, 3.63) is 40.7 Å². The van der Waals surface area contributed by atoms with Gasteiger partial charge in [0, 0.05) is 36.4 Å². The fraction of sp³-hybridized carbons (Fsp3) is 0.353. The summed E-state index contributed by atoms with van der Waals surface area (Å²) in [6.07, 6.45) is 0. The number of aromatic nitrogens is 2. The summed E-state index contributed by atoms with van der Waals surface area (Å²) >= 11 is 6.04. The number of halogens is 1. The quantitative estimate of drug-likeness (QED) is 0.566. The standard InChI is InChI=1S/C17H23ClN6O/c1-4-19-15-10-16(23-12(3)22-15)20-8-9-21-17(25)24-14-7-5-6-13(18)11(14)2/h5-7,10H,4,8-9H2,1-3H3,(H2,21,24,25)(H2,19,20,22,23). The molecule has 0 unspecified atom stereocenters. The summed E-state index contributed by atoms with van der Waals surface area (Å²) in [6, 6.07) is 6.96. The first-order chi connectivity index (χ1) is 12.0. The summed E-state index contributed by atoms with van der Waals surface area (Å²) in [5.41, 5.74) is 1.53. The first kappa shape index (κ1) is 18.8. The zero-order chi connectivity index (χ0) is 18.2. The van der Waals surface area contributed by atoms with E-state index in [2.05, 4.69) is 31.2 Å². The molecule has 1 aromatic carbocycles. The Hall–Kier alpha value is -2.54. The van der Waals surface area contributed by atoms with E-state index >= 15 is 0 Å². The third-order valence-electron chi connectivity index (χ3n) is 3.43. The average molecular weight is 363 g/mol. The topological polar surface area (TPSA) is 91.0 Å². The van der Waals surface area contributed by atoms with Gasteiger partial charge in [0.1, 0.15) is 17.5 Å². The minimum atomic E-state index is -0.278. The van der Waals surface area contributed by atoms with Crippen LogP contribution in [0.25, 0.3) is 0 Å². The molecule has 0 aliphatic rings. The third-order valence-corrected chi connectivity index (χ3v) is 3.84. The molecule has 0 bridgehead atoms. The highest BCUT2D eigenvalue weighted by atomic mass is 35.5. The Kier molecular flexibility index (Phi) is 6.82. The van der Waals surface area contributed by atoms with Gasteiger partial charge in [0.2, 0.25) is 0 Å². The minimum Gasteiger partial charge on any atom is -0.370 e. The molecule has 1 heterocycles. The van der Waals surface area contributed by atoms with E-state index in [-0.39, 0.29) is 6.03 Å².